The Kier molecular flexibility index (Phi) is 5.79. The summed E-state index contributed by atoms with van der Waals surface area (Å²) in [7, 11) is -2.94. The SMILES string of the molecule is CS(=O)(=O)CCSC1CCCCCC1C(=O)O. The van der Waals surface area contributed by atoms with Crippen molar-refractivity contribution in [2.75, 3.05) is 17.8 Å². The van der Waals surface area contributed by atoms with E-state index in [1.807, 2.05) is 0 Å². The minimum Gasteiger partial charge on any atom is -0.481 e. The highest BCUT2D eigenvalue weighted by atomic mass is 32.2. The summed E-state index contributed by atoms with van der Waals surface area (Å²) in [5.74, 6) is -0.390. The summed E-state index contributed by atoms with van der Waals surface area (Å²) >= 11 is 1.51. The van der Waals surface area contributed by atoms with E-state index in [-0.39, 0.29) is 16.9 Å². The summed E-state index contributed by atoms with van der Waals surface area (Å²) < 4.78 is 22.1. The second-order valence-electron chi connectivity index (χ2n) is 4.62. The zero-order valence-electron chi connectivity index (χ0n) is 10.1. The van der Waals surface area contributed by atoms with Crippen molar-refractivity contribution in [1.29, 1.82) is 0 Å². The van der Waals surface area contributed by atoms with Gasteiger partial charge in [-0.05, 0) is 12.8 Å². The smallest absolute Gasteiger partial charge is 0.307 e. The van der Waals surface area contributed by atoms with Crippen LogP contribution in [0.1, 0.15) is 32.1 Å². The molecule has 4 nitrogen and oxygen atoms in total. The zero-order chi connectivity index (χ0) is 12.9. The minimum atomic E-state index is -2.94. The number of carbonyl (C=O) groups is 1. The molecule has 1 fully saturated rings. The van der Waals surface area contributed by atoms with E-state index in [9.17, 15) is 13.2 Å². The van der Waals surface area contributed by atoms with Crippen LogP contribution in [0.25, 0.3) is 0 Å². The summed E-state index contributed by atoms with van der Waals surface area (Å²) in [6, 6.07) is 0. The molecule has 1 saturated carbocycles. The van der Waals surface area contributed by atoms with Gasteiger partial charge < -0.3 is 5.11 Å². The molecule has 0 amide bonds. The Morgan fingerprint density at radius 2 is 1.94 bits per heavy atom. The van der Waals surface area contributed by atoms with Crippen molar-refractivity contribution in [3.8, 4) is 0 Å². The fourth-order valence-corrected chi connectivity index (χ4v) is 4.82. The van der Waals surface area contributed by atoms with Gasteiger partial charge in [0.15, 0.2) is 0 Å². The van der Waals surface area contributed by atoms with E-state index in [1.54, 1.807) is 0 Å². The van der Waals surface area contributed by atoms with Crippen LogP contribution in [0.2, 0.25) is 0 Å². The number of carboxylic acid groups (broad SMARTS) is 1. The van der Waals surface area contributed by atoms with Crippen LogP contribution in [0.5, 0.6) is 0 Å². The molecule has 100 valence electrons. The molecule has 2 unspecified atom stereocenters. The maximum Gasteiger partial charge on any atom is 0.307 e. The van der Waals surface area contributed by atoms with E-state index in [1.165, 1.54) is 18.0 Å². The predicted octanol–water partition coefficient (Wildman–Crippen LogP) is 1.80. The molecule has 0 aromatic rings. The third kappa shape index (κ3) is 5.77. The first kappa shape index (κ1) is 14.8. The molecule has 0 spiro atoms. The van der Waals surface area contributed by atoms with Crippen molar-refractivity contribution in [3.05, 3.63) is 0 Å². The average molecular weight is 280 g/mol. The van der Waals surface area contributed by atoms with Crippen LogP contribution < -0.4 is 0 Å². The van der Waals surface area contributed by atoms with E-state index < -0.39 is 15.8 Å². The molecular formula is C11H20O4S2. The Morgan fingerprint density at radius 3 is 2.53 bits per heavy atom. The largest absolute Gasteiger partial charge is 0.481 e. The Bertz CT molecular complexity index is 350. The molecule has 0 radical (unpaired) electrons. The van der Waals surface area contributed by atoms with Crippen molar-refractivity contribution in [2.45, 2.75) is 37.4 Å². The maximum absolute atomic E-state index is 11.1. The van der Waals surface area contributed by atoms with Crippen LogP contribution in [0, 0.1) is 5.92 Å². The lowest BCUT2D eigenvalue weighted by atomic mass is 10.0. The lowest BCUT2D eigenvalue weighted by Crippen LogP contribution is -2.25. The second-order valence-corrected chi connectivity index (χ2v) is 8.23. The Labute approximate surface area is 107 Å². The van der Waals surface area contributed by atoms with Gasteiger partial charge in [-0.1, -0.05) is 19.3 Å². The third-order valence-electron chi connectivity index (χ3n) is 3.06. The molecule has 0 aromatic heterocycles. The van der Waals surface area contributed by atoms with Crippen molar-refractivity contribution in [1.82, 2.24) is 0 Å². The summed E-state index contributed by atoms with van der Waals surface area (Å²) in [4.78, 5) is 11.1. The highest BCUT2D eigenvalue weighted by Gasteiger charge is 2.29. The molecule has 0 bridgehead atoms. The molecule has 0 aromatic carbocycles. The Hall–Kier alpha value is -0.230. The molecule has 1 N–H and O–H groups in total. The van der Waals surface area contributed by atoms with E-state index in [4.69, 9.17) is 5.11 Å². The van der Waals surface area contributed by atoms with E-state index in [0.29, 0.717) is 5.75 Å². The number of sulfone groups is 1. The van der Waals surface area contributed by atoms with Crippen molar-refractivity contribution in [2.24, 2.45) is 5.92 Å². The third-order valence-corrected chi connectivity index (χ3v) is 5.69. The zero-order valence-corrected chi connectivity index (χ0v) is 11.7. The molecule has 0 heterocycles. The quantitative estimate of drug-likeness (QED) is 0.777. The first-order chi connectivity index (χ1) is 7.90. The number of carboxylic acids is 1. The monoisotopic (exact) mass is 280 g/mol. The van der Waals surface area contributed by atoms with Gasteiger partial charge in [-0.25, -0.2) is 8.42 Å². The van der Waals surface area contributed by atoms with Gasteiger partial charge in [0.25, 0.3) is 0 Å². The van der Waals surface area contributed by atoms with Gasteiger partial charge in [-0.15, -0.1) is 0 Å². The molecule has 2 atom stereocenters. The van der Waals surface area contributed by atoms with E-state index in [2.05, 4.69) is 0 Å². The molecule has 17 heavy (non-hydrogen) atoms. The van der Waals surface area contributed by atoms with Gasteiger partial charge in [0.05, 0.1) is 11.7 Å². The number of thioether (sulfide) groups is 1. The van der Waals surface area contributed by atoms with Crippen LogP contribution in [-0.4, -0.2) is 42.5 Å². The highest BCUT2D eigenvalue weighted by Crippen LogP contribution is 2.32. The molecule has 0 aliphatic heterocycles. The predicted molar refractivity (Wildman–Crippen MR) is 70.2 cm³/mol. The lowest BCUT2D eigenvalue weighted by Gasteiger charge is -2.20. The standard InChI is InChI=1S/C11H20O4S2/c1-17(14,15)8-7-16-10-6-4-2-3-5-9(10)11(12)13/h9-10H,2-8H2,1H3,(H,12,13). The normalized spacial score (nSPS) is 26.4. The number of rotatable bonds is 5. The van der Waals surface area contributed by atoms with Crippen LogP contribution in [0.3, 0.4) is 0 Å². The van der Waals surface area contributed by atoms with Gasteiger partial charge in [0, 0.05) is 17.3 Å². The Balaban J connectivity index is 2.49. The topological polar surface area (TPSA) is 71.4 Å². The van der Waals surface area contributed by atoms with Gasteiger partial charge in [0.1, 0.15) is 9.84 Å². The maximum atomic E-state index is 11.1. The molecule has 1 rings (SSSR count). The minimum absolute atomic E-state index is 0.0803. The van der Waals surface area contributed by atoms with Gasteiger partial charge in [-0.3, -0.25) is 4.79 Å². The van der Waals surface area contributed by atoms with Crippen LogP contribution >= 0.6 is 11.8 Å². The lowest BCUT2D eigenvalue weighted by molar-refractivity contribution is -0.141. The number of aliphatic carboxylic acids is 1. The van der Waals surface area contributed by atoms with E-state index >= 15 is 0 Å². The summed E-state index contributed by atoms with van der Waals surface area (Å²) in [6.07, 6.45) is 5.96. The Morgan fingerprint density at radius 1 is 1.29 bits per heavy atom. The van der Waals surface area contributed by atoms with Crippen molar-refractivity contribution in [3.63, 3.8) is 0 Å². The molecule has 1 aliphatic carbocycles. The van der Waals surface area contributed by atoms with Crippen LogP contribution in [0.15, 0.2) is 0 Å². The first-order valence-corrected chi connectivity index (χ1v) is 9.03. The molecule has 0 saturated heterocycles. The fourth-order valence-electron chi connectivity index (χ4n) is 2.11. The summed E-state index contributed by atoms with van der Waals surface area (Å²) in [5.41, 5.74) is 0. The number of hydrogen-bond acceptors (Lipinski definition) is 4. The van der Waals surface area contributed by atoms with Crippen LogP contribution in [-0.2, 0) is 14.6 Å². The first-order valence-electron chi connectivity index (χ1n) is 5.92. The molecule has 6 heteroatoms. The fraction of sp³-hybridized carbons (Fsp3) is 0.909. The highest BCUT2D eigenvalue weighted by molar-refractivity contribution is 8.01. The molecular weight excluding hydrogens is 260 g/mol. The average Bonchev–Trinajstić information content (AvgIpc) is 2.41. The van der Waals surface area contributed by atoms with Crippen molar-refractivity contribution >= 4 is 27.6 Å². The van der Waals surface area contributed by atoms with E-state index in [0.717, 1.165) is 32.1 Å². The van der Waals surface area contributed by atoms with Gasteiger partial charge in [0.2, 0.25) is 0 Å². The van der Waals surface area contributed by atoms with Crippen molar-refractivity contribution < 1.29 is 18.3 Å². The molecule has 1 aliphatic rings. The van der Waals surface area contributed by atoms with Gasteiger partial charge in [-0.2, -0.15) is 11.8 Å². The summed E-state index contributed by atoms with van der Waals surface area (Å²) in [5, 5.41) is 9.24. The van der Waals surface area contributed by atoms with Gasteiger partial charge >= 0.3 is 5.97 Å². The second kappa shape index (κ2) is 6.64. The summed E-state index contributed by atoms with van der Waals surface area (Å²) in [6.45, 7) is 0. The van der Waals surface area contributed by atoms with Crippen LogP contribution in [0.4, 0.5) is 0 Å². The number of hydrogen-bond donors (Lipinski definition) is 1.